The van der Waals surface area contributed by atoms with Gasteiger partial charge in [-0.1, -0.05) is 6.07 Å². The van der Waals surface area contributed by atoms with Crippen LogP contribution in [0.3, 0.4) is 0 Å². The molecule has 1 rings (SSSR count). The quantitative estimate of drug-likeness (QED) is 0.476. The maximum atomic E-state index is 12.1. The Bertz CT molecular complexity index is 632. The standard InChI is InChI=1S/C17H25NO6/c1-9(24-15(23)16(2,3)4)13(17(5,18)14(21)22)10-6-7-11(19)12(20)8-10/h6-9,13,19-20H,18H2,1-5H3,(H,21,22)/t9-,13?,17?/m0/s1. The first-order chi connectivity index (χ1) is 10.8. The first-order valence-electron chi connectivity index (χ1n) is 7.53. The zero-order chi connectivity index (χ0) is 18.9. The number of rotatable bonds is 5. The number of ether oxygens (including phenoxy) is 1. The number of phenols is 2. The van der Waals surface area contributed by atoms with E-state index in [1.807, 2.05) is 0 Å². The Morgan fingerprint density at radius 1 is 1.12 bits per heavy atom. The number of aromatic hydroxyl groups is 2. The van der Waals surface area contributed by atoms with Gasteiger partial charge in [0.15, 0.2) is 11.5 Å². The van der Waals surface area contributed by atoms with E-state index in [1.165, 1.54) is 25.1 Å². The van der Waals surface area contributed by atoms with E-state index in [9.17, 15) is 24.9 Å². The largest absolute Gasteiger partial charge is 0.504 e. The number of aliphatic carboxylic acids is 1. The molecule has 0 aliphatic heterocycles. The van der Waals surface area contributed by atoms with Crippen molar-refractivity contribution in [1.82, 2.24) is 0 Å². The molecule has 0 fully saturated rings. The summed E-state index contributed by atoms with van der Waals surface area (Å²) in [6, 6.07) is 3.89. The van der Waals surface area contributed by atoms with Crippen molar-refractivity contribution >= 4 is 11.9 Å². The van der Waals surface area contributed by atoms with Gasteiger partial charge >= 0.3 is 11.9 Å². The zero-order valence-corrected chi connectivity index (χ0v) is 14.5. The fourth-order valence-electron chi connectivity index (χ4n) is 2.39. The van der Waals surface area contributed by atoms with Gasteiger partial charge in [-0.2, -0.15) is 0 Å². The lowest BCUT2D eigenvalue weighted by Crippen LogP contribution is -2.54. The molecule has 7 nitrogen and oxygen atoms in total. The van der Waals surface area contributed by atoms with Gasteiger partial charge in [-0.3, -0.25) is 9.59 Å². The Morgan fingerprint density at radius 2 is 1.67 bits per heavy atom. The van der Waals surface area contributed by atoms with E-state index in [2.05, 4.69) is 0 Å². The first-order valence-corrected chi connectivity index (χ1v) is 7.53. The third kappa shape index (κ3) is 4.17. The number of carboxylic acids is 1. The number of phenolic OH excluding ortho intramolecular Hbond substituents is 2. The third-order valence-electron chi connectivity index (χ3n) is 3.84. The molecule has 0 spiro atoms. The van der Waals surface area contributed by atoms with Crippen LogP contribution in [0.25, 0.3) is 0 Å². The number of carbonyl (C=O) groups excluding carboxylic acids is 1. The summed E-state index contributed by atoms with van der Waals surface area (Å²) in [4.78, 5) is 23.7. The summed E-state index contributed by atoms with van der Waals surface area (Å²) in [6.07, 6.45) is -0.869. The van der Waals surface area contributed by atoms with Crippen molar-refractivity contribution in [3.8, 4) is 11.5 Å². The van der Waals surface area contributed by atoms with Crippen molar-refractivity contribution < 1.29 is 29.6 Å². The zero-order valence-electron chi connectivity index (χ0n) is 14.5. The predicted octanol–water partition coefficient (Wildman–Crippen LogP) is 1.96. The molecule has 1 aromatic rings. The van der Waals surface area contributed by atoms with Crippen LogP contribution < -0.4 is 5.73 Å². The number of hydrogen-bond acceptors (Lipinski definition) is 6. The second-order valence-electron chi connectivity index (χ2n) is 7.17. The number of esters is 1. The number of hydrogen-bond donors (Lipinski definition) is 4. The van der Waals surface area contributed by atoms with Gasteiger partial charge in [-0.05, 0) is 52.3 Å². The normalized spacial score (nSPS) is 16.8. The summed E-state index contributed by atoms with van der Waals surface area (Å²) in [5, 5.41) is 28.6. The lowest BCUT2D eigenvalue weighted by molar-refractivity contribution is -0.162. The van der Waals surface area contributed by atoms with E-state index in [0.29, 0.717) is 5.56 Å². The van der Waals surface area contributed by atoms with Gasteiger partial charge in [0.25, 0.3) is 0 Å². The van der Waals surface area contributed by atoms with E-state index in [-0.39, 0.29) is 5.75 Å². The number of benzene rings is 1. The van der Waals surface area contributed by atoms with Crippen molar-refractivity contribution in [2.24, 2.45) is 11.1 Å². The highest BCUT2D eigenvalue weighted by molar-refractivity contribution is 5.80. The minimum atomic E-state index is -1.76. The van der Waals surface area contributed by atoms with Gasteiger partial charge in [0.2, 0.25) is 0 Å². The molecule has 1 aromatic carbocycles. The van der Waals surface area contributed by atoms with Crippen LogP contribution in [0.2, 0.25) is 0 Å². The van der Waals surface area contributed by atoms with Gasteiger partial charge < -0.3 is 25.8 Å². The summed E-state index contributed by atoms with van der Waals surface area (Å²) in [5.74, 6) is -3.46. The fraction of sp³-hybridized carbons (Fsp3) is 0.529. The molecule has 134 valence electrons. The van der Waals surface area contributed by atoms with Crippen LogP contribution in [-0.2, 0) is 14.3 Å². The highest BCUT2D eigenvalue weighted by Gasteiger charge is 2.44. The van der Waals surface area contributed by atoms with E-state index in [1.54, 1.807) is 27.7 Å². The topological polar surface area (TPSA) is 130 Å². The van der Waals surface area contributed by atoms with E-state index >= 15 is 0 Å². The van der Waals surface area contributed by atoms with Crippen LogP contribution in [0.1, 0.15) is 46.1 Å². The Labute approximate surface area is 141 Å². The molecule has 0 amide bonds. The molecule has 0 bridgehead atoms. The molecule has 0 aromatic heterocycles. The minimum absolute atomic E-state index is 0.340. The van der Waals surface area contributed by atoms with E-state index < -0.39 is 40.7 Å². The van der Waals surface area contributed by atoms with Crippen molar-refractivity contribution in [3.63, 3.8) is 0 Å². The maximum Gasteiger partial charge on any atom is 0.324 e. The summed E-state index contributed by atoms with van der Waals surface area (Å²) in [6.45, 7) is 7.91. The highest BCUT2D eigenvalue weighted by Crippen LogP contribution is 2.37. The Hall–Kier alpha value is -2.28. The summed E-state index contributed by atoms with van der Waals surface area (Å²) in [7, 11) is 0. The number of carbonyl (C=O) groups is 2. The molecular formula is C17H25NO6. The van der Waals surface area contributed by atoms with Crippen LogP contribution in [-0.4, -0.2) is 38.9 Å². The van der Waals surface area contributed by atoms with Crippen molar-refractivity contribution in [1.29, 1.82) is 0 Å². The van der Waals surface area contributed by atoms with Gasteiger partial charge in [-0.25, -0.2) is 0 Å². The molecule has 0 radical (unpaired) electrons. The number of nitrogens with two attached hydrogens (primary N) is 1. The molecule has 0 heterocycles. The van der Waals surface area contributed by atoms with Crippen molar-refractivity contribution in [3.05, 3.63) is 23.8 Å². The van der Waals surface area contributed by atoms with Gasteiger partial charge in [0, 0.05) is 5.92 Å². The van der Waals surface area contributed by atoms with Crippen LogP contribution in [0.15, 0.2) is 18.2 Å². The average molecular weight is 339 g/mol. The van der Waals surface area contributed by atoms with Crippen LogP contribution in [0.5, 0.6) is 11.5 Å². The molecule has 7 heteroatoms. The average Bonchev–Trinajstić information content (AvgIpc) is 2.41. The van der Waals surface area contributed by atoms with Gasteiger partial charge in [-0.15, -0.1) is 0 Å². The third-order valence-corrected chi connectivity index (χ3v) is 3.84. The molecule has 0 aliphatic carbocycles. The first kappa shape index (κ1) is 19.8. The Morgan fingerprint density at radius 3 is 2.08 bits per heavy atom. The van der Waals surface area contributed by atoms with Crippen LogP contribution in [0.4, 0.5) is 0 Å². The van der Waals surface area contributed by atoms with Gasteiger partial charge in [0.05, 0.1) is 5.41 Å². The SMILES string of the molecule is C[C@H](OC(=O)C(C)(C)C)C(c1ccc(O)c(O)c1)C(C)(N)C(=O)O. The van der Waals surface area contributed by atoms with Crippen molar-refractivity contribution in [2.75, 3.05) is 0 Å². The second kappa shape index (κ2) is 6.68. The molecule has 0 saturated carbocycles. The second-order valence-corrected chi connectivity index (χ2v) is 7.17. The molecule has 2 unspecified atom stereocenters. The molecule has 0 aliphatic rings. The summed E-state index contributed by atoms with van der Waals surface area (Å²) < 4.78 is 5.41. The molecule has 5 N–H and O–H groups in total. The Kier molecular flexibility index (Phi) is 5.50. The lowest BCUT2D eigenvalue weighted by atomic mass is 9.77. The molecule has 24 heavy (non-hydrogen) atoms. The fourth-order valence-corrected chi connectivity index (χ4v) is 2.39. The monoisotopic (exact) mass is 339 g/mol. The van der Waals surface area contributed by atoms with Crippen LogP contribution in [0, 0.1) is 5.41 Å². The summed E-state index contributed by atoms with van der Waals surface area (Å²) in [5.41, 5.74) is 3.79. The summed E-state index contributed by atoms with van der Waals surface area (Å²) >= 11 is 0. The lowest BCUT2D eigenvalue weighted by Gasteiger charge is -2.35. The smallest absolute Gasteiger partial charge is 0.324 e. The molecular weight excluding hydrogens is 314 g/mol. The van der Waals surface area contributed by atoms with Gasteiger partial charge in [0.1, 0.15) is 11.6 Å². The molecule has 3 atom stereocenters. The predicted molar refractivity (Wildman–Crippen MR) is 87.7 cm³/mol. The van der Waals surface area contributed by atoms with Crippen LogP contribution >= 0.6 is 0 Å². The number of carboxylic acid groups (broad SMARTS) is 1. The highest BCUT2D eigenvalue weighted by atomic mass is 16.5. The molecule has 0 saturated heterocycles. The minimum Gasteiger partial charge on any atom is -0.504 e. The Balaban J connectivity index is 3.31. The van der Waals surface area contributed by atoms with E-state index in [0.717, 1.165) is 0 Å². The maximum absolute atomic E-state index is 12.1. The van der Waals surface area contributed by atoms with E-state index in [4.69, 9.17) is 10.5 Å². The van der Waals surface area contributed by atoms with Crippen molar-refractivity contribution in [2.45, 2.75) is 52.2 Å².